The fraction of sp³-hybridized carbons (Fsp3) is 0.300. The minimum absolute atomic E-state index is 0.249. The van der Waals surface area contributed by atoms with Crippen molar-refractivity contribution in [2.45, 2.75) is 25.8 Å². The summed E-state index contributed by atoms with van der Waals surface area (Å²) in [6.07, 6.45) is 1.29. The Morgan fingerprint density at radius 2 is 1.72 bits per heavy atom. The van der Waals surface area contributed by atoms with Crippen LogP contribution in [0.2, 0.25) is 0 Å². The van der Waals surface area contributed by atoms with E-state index in [1.54, 1.807) is 12.1 Å². The molecule has 2 rings (SSSR count). The zero-order chi connectivity index (χ0) is 18.2. The van der Waals surface area contributed by atoms with Gasteiger partial charge in [-0.1, -0.05) is 37.3 Å². The summed E-state index contributed by atoms with van der Waals surface area (Å²) in [5.41, 5.74) is 2.34. The second-order valence-corrected chi connectivity index (χ2v) is 6.02. The first kappa shape index (κ1) is 18.5. The molecule has 0 aliphatic heterocycles. The number of carboxylic acids is 1. The summed E-state index contributed by atoms with van der Waals surface area (Å²) in [6.45, 7) is 3.04. The normalized spacial score (nSPS) is 11.6. The van der Waals surface area contributed by atoms with Crippen LogP contribution in [0.15, 0.2) is 54.6 Å². The Morgan fingerprint density at radius 1 is 1.08 bits per heavy atom. The Bertz CT molecular complexity index is 699. The summed E-state index contributed by atoms with van der Waals surface area (Å²) >= 11 is 0. The maximum atomic E-state index is 12.4. The van der Waals surface area contributed by atoms with E-state index in [-0.39, 0.29) is 12.3 Å². The molecule has 25 heavy (non-hydrogen) atoms. The molecule has 0 aromatic heterocycles. The van der Waals surface area contributed by atoms with Crippen LogP contribution in [0.4, 0.5) is 5.69 Å². The van der Waals surface area contributed by atoms with Crippen molar-refractivity contribution in [3.05, 3.63) is 65.7 Å². The van der Waals surface area contributed by atoms with Gasteiger partial charge in [0.15, 0.2) is 0 Å². The van der Waals surface area contributed by atoms with Gasteiger partial charge in [0.1, 0.15) is 6.04 Å². The van der Waals surface area contributed by atoms with Crippen LogP contribution in [-0.2, 0) is 11.2 Å². The quantitative estimate of drug-likeness (QED) is 0.775. The van der Waals surface area contributed by atoms with Crippen molar-refractivity contribution in [2.75, 3.05) is 18.5 Å². The molecule has 1 amide bonds. The molecule has 0 aliphatic rings. The molecule has 0 saturated carbocycles. The molecule has 0 radical (unpaired) electrons. The average Bonchev–Trinajstić information content (AvgIpc) is 2.62. The third-order valence-electron chi connectivity index (χ3n) is 4.02. The van der Waals surface area contributed by atoms with Crippen LogP contribution in [0.1, 0.15) is 29.3 Å². The fourth-order valence-electron chi connectivity index (χ4n) is 2.62. The number of carbonyl (C=O) groups is 2. The van der Waals surface area contributed by atoms with Crippen LogP contribution in [0.3, 0.4) is 0 Å². The van der Waals surface area contributed by atoms with Crippen LogP contribution < -0.4 is 10.2 Å². The molecular weight excluding hydrogens is 316 g/mol. The van der Waals surface area contributed by atoms with Crippen molar-refractivity contribution in [3.63, 3.8) is 0 Å². The van der Waals surface area contributed by atoms with Gasteiger partial charge in [-0.3, -0.25) is 4.79 Å². The highest BCUT2D eigenvalue weighted by Gasteiger charge is 2.21. The molecule has 132 valence electrons. The van der Waals surface area contributed by atoms with Gasteiger partial charge in [-0.25, -0.2) is 4.79 Å². The van der Waals surface area contributed by atoms with Crippen molar-refractivity contribution in [3.8, 4) is 0 Å². The Morgan fingerprint density at radius 3 is 2.28 bits per heavy atom. The van der Waals surface area contributed by atoms with Gasteiger partial charge in [-0.2, -0.15) is 0 Å². The molecule has 5 nitrogen and oxygen atoms in total. The van der Waals surface area contributed by atoms with Gasteiger partial charge in [-0.05, 0) is 36.2 Å². The van der Waals surface area contributed by atoms with Gasteiger partial charge >= 0.3 is 5.97 Å². The molecule has 2 aromatic carbocycles. The lowest BCUT2D eigenvalue weighted by Gasteiger charge is -2.19. The van der Waals surface area contributed by atoms with Crippen LogP contribution >= 0.6 is 0 Å². The average molecular weight is 340 g/mol. The summed E-state index contributed by atoms with van der Waals surface area (Å²) < 4.78 is 0. The van der Waals surface area contributed by atoms with Crippen molar-refractivity contribution in [2.24, 2.45) is 0 Å². The lowest BCUT2D eigenvalue weighted by Crippen LogP contribution is -2.42. The highest BCUT2D eigenvalue weighted by molar-refractivity contribution is 5.96. The van der Waals surface area contributed by atoms with E-state index in [4.69, 9.17) is 0 Å². The maximum absolute atomic E-state index is 12.4. The number of aliphatic carboxylic acids is 1. The van der Waals surface area contributed by atoms with E-state index < -0.39 is 12.0 Å². The van der Waals surface area contributed by atoms with E-state index in [2.05, 4.69) is 17.1 Å². The Balaban J connectivity index is 2.04. The molecule has 0 spiro atoms. The predicted molar refractivity (Wildman–Crippen MR) is 99.0 cm³/mol. The standard InChI is InChI=1S/C20H24N2O3/c1-3-13-22(2)17-11-9-16(10-12-17)19(23)21-18(20(24)25)14-15-7-5-4-6-8-15/h4-12,18H,3,13-14H2,1-2H3,(H,21,23)(H,24,25)/t18-/m1/s1. The first-order chi connectivity index (χ1) is 12.0. The number of hydrogen-bond donors (Lipinski definition) is 2. The van der Waals surface area contributed by atoms with Gasteiger partial charge in [0, 0.05) is 31.3 Å². The number of anilines is 1. The zero-order valence-electron chi connectivity index (χ0n) is 14.6. The summed E-state index contributed by atoms with van der Waals surface area (Å²) in [7, 11) is 2.00. The smallest absolute Gasteiger partial charge is 0.326 e. The van der Waals surface area contributed by atoms with E-state index in [1.165, 1.54) is 0 Å². The number of carbonyl (C=O) groups excluding carboxylic acids is 1. The molecule has 1 atom stereocenters. The molecule has 0 saturated heterocycles. The topological polar surface area (TPSA) is 69.6 Å². The van der Waals surface area contributed by atoms with E-state index in [0.717, 1.165) is 24.2 Å². The molecule has 2 N–H and O–H groups in total. The molecule has 0 unspecified atom stereocenters. The summed E-state index contributed by atoms with van der Waals surface area (Å²) in [5.74, 6) is -1.43. The van der Waals surface area contributed by atoms with Crippen molar-refractivity contribution in [1.29, 1.82) is 0 Å². The SMILES string of the molecule is CCCN(C)c1ccc(C(=O)N[C@H](Cc2ccccc2)C(=O)O)cc1. The van der Waals surface area contributed by atoms with Gasteiger partial charge < -0.3 is 15.3 Å². The molecule has 5 heteroatoms. The Hall–Kier alpha value is -2.82. The summed E-state index contributed by atoms with van der Waals surface area (Å²) in [6, 6.07) is 15.5. The van der Waals surface area contributed by atoms with Crippen molar-refractivity contribution < 1.29 is 14.7 Å². The van der Waals surface area contributed by atoms with Crippen molar-refractivity contribution >= 4 is 17.6 Å². The summed E-state index contributed by atoms with van der Waals surface area (Å²) in [5, 5.41) is 12.0. The Labute approximate surface area is 148 Å². The second kappa shape index (κ2) is 8.87. The fourth-order valence-corrected chi connectivity index (χ4v) is 2.62. The zero-order valence-corrected chi connectivity index (χ0v) is 14.6. The van der Waals surface area contributed by atoms with E-state index in [9.17, 15) is 14.7 Å². The first-order valence-corrected chi connectivity index (χ1v) is 8.40. The van der Waals surface area contributed by atoms with E-state index in [1.807, 2.05) is 49.5 Å². The second-order valence-electron chi connectivity index (χ2n) is 6.02. The molecule has 0 aliphatic carbocycles. The summed E-state index contributed by atoms with van der Waals surface area (Å²) in [4.78, 5) is 25.9. The molecular formula is C20H24N2O3. The highest BCUT2D eigenvalue weighted by Crippen LogP contribution is 2.14. The lowest BCUT2D eigenvalue weighted by molar-refractivity contribution is -0.139. The van der Waals surface area contributed by atoms with E-state index >= 15 is 0 Å². The first-order valence-electron chi connectivity index (χ1n) is 8.40. The van der Waals surface area contributed by atoms with Gasteiger partial charge in [0.25, 0.3) is 5.91 Å². The minimum Gasteiger partial charge on any atom is -0.480 e. The van der Waals surface area contributed by atoms with Crippen molar-refractivity contribution in [1.82, 2.24) is 5.32 Å². The van der Waals surface area contributed by atoms with Crippen LogP contribution in [-0.4, -0.2) is 36.6 Å². The number of amides is 1. The number of rotatable bonds is 8. The van der Waals surface area contributed by atoms with Crippen LogP contribution in [0.25, 0.3) is 0 Å². The number of benzene rings is 2. The minimum atomic E-state index is -1.04. The number of hydrogen-bond acceptors (Lipinski definition) is 3. The lowest BCUT2D eigenvalue weighted by atomic mass is 10.1. The van der Waals surface area contributed by atoms with Crippen LogP contribution in [0, 0.1) is 0 Å². The molecule has 0 heterocycles. The third-order valence-corrected chi connectivity index (χ3v) is 4.02. The third kappa shape index (κ3) is 5.35. The molecule has 2 aromatic rings. The highest BCUT2D eigenvalue weighted by atomic mass is 16.4. The molecule has 0 fully saturated rings. The maximum Gasteiger partial charge on any atom is 0.326 e. The predicted octanol–water partition coefficient (Wildman–Crippen LogP) is 2.96. The molecule has 0 bridgehead atoms. The monoisotopic (exact) mass is 340 g/mol. The number of nitrogens with one attached hydrogen (secondary N) is 1. The number of nitrogens with zero attached hydrogens (tertiary/aromatic N) is 1. The Kier molecular flexibility index (Phi) is 6.57. The van der Waals surface area contributed by atoms with Gasteiger partial charge in [0.2, 0.25) is 0 Å². The van der Waals surface area contributed by atoms with E-state index in [0.29, 0.717) is 5.56 Å². The van der Waals surface area contributed by atoms with Crippen LogP contribution in [0.5, 0.6) is 0 Å². The van der Waals surface area contributed by atoms with Gasteiger partial charge in [-0.15, -0.1) is 0 Å². The largest absolute Gasteiger partial charge is 0.480 e. The number of carboxylic acid groups (broad SMARTS) is 1. The van der Waals surface area contributed by atoms with Gasteiger partial charge in [0.05, 0.1) is 0 Å².